The van der Waals surface area contributed by atoms with Gasteiger partial charge in [-0.25, -0.2) is 18.3 Å². The van der Waals surface area contributed by atoms with Crippen molar-refractivity contribution in [1.29, 1.82) is 5.26 Å². The first-order valence-electron chi connectivity index (χ1n) is 6.93. The van der Waals surface area contributed by atoms with Crippen molar-refractivity contribution in [3.8, 4) is 17.3 Å². The van der Waals surface area contributed by atoms with Crippen LogP contribution in [0.15, 0.2) is 29.2 Å². The molecule has 116 valence electrons. The molecule has 3 aromatic rings. The second-order valence-corrected chi connectivity index (χ2v) is 5.42. The number of halogens is 2. The van der Waals surface area contributed by atoms with Crippen LogP contribution in [0.2, 0.25) is 0 Å². The summed E-state index contributed by atoms with van der Waals surface area (Å²) in [7, 11) is 0. The molecule has 0 unspecified atom stereocenters. The molecule has 0 aliphatic carbocycles. The van der Waals surface area contributed by atoms with Crippen LogP contribution in [0.4, 0.5) is 8.78 Å². The molecule has 5 nitrogen and oxygen atoms in total. The van der Waals surface area contributed by atoms with Gasteiger partial charge < -0.3 is 0 Å². The van der Waals surface area contributed by atoms with Gasteiger partial charge in [-0.05, 0) is 24.1 Å². The maximum atomic E-state index is 13.6. The minimum Gasteiger partial charge on any atom is -0.295 e. The van der Waals surface area contributed by atoms with Gasteiger partial charge in [-0.15, -0.1) is 0 Å². The van der Waals surface area contributed by atoms with Crippen molar-refractivity contribution in [3.63, 3.8) is 0 Å². The van der Waals surface area contributed by atoms with E-state index in [0.717, 1.165) is 12.1 Å². The summed E-state index contributed by atoms with van der Waals surface area (Å²) in [6.45, 7) is 3.62. The molecule has 1 aromatic carbocycles. The van der Waals surface area contributed by atoms with Crippen LogP contribution in [0.25, 0.3) is 16.9 Å². The average molecular weight is 314 g/mol. The summed E-state index contributed by atoms with van der Waals surface area (Å²) in [5, 5.41) is 11.8. The normalized spacial score (nSPS) is 11.1. The lowest BCUT2D eigenvalue weighted by atomic mass is 9.98. The fourth-order valence-electron chi connectivity index (χ4n) is 2.49. The second-order valence-electron chi connectivity index (χ2n) is 5.42. The predicted octanol–water partition coefficient (Wildman–Crippen LogP) is 2.96. The highest BCUT2D eigenvalue weighted by molar-refractivity contribution is 5.68. The van der Waals surface area contributed by atoms with Gasteiger partial charge in [0.1, 0.15) is 11.6 Å². The van der Waals surface area contributed by atoms with E-state index in [2.05, 4.69) is 10.1 Å². The molecule has 0 aliphatic rings. The molecular formula is C16H12F2N4O. The van der Waals surface area contributed by atoms with Crippen molar-refractivity contribution >= 4 is 5.65 Å². The van der Waals surface area contributed by atoms with E-state index in [-0.39, 0.29) is 33.9 Å². The van der Waals surface area contributed by atoms with Crippen LogP contribution in [-0.4, -0.2) is 14.6 Å². The maximum absolute atomic E-state index is 13.6. The lowest BCUT2D eigenvalue weighted by Crippen LogP contribution is -2.22. The number of benzene rings is 1. The van der Waals surface area contributed by atoms with Crippen molar-refractivity contribution in [1.82, 2.24) is 14.6 Å². The first kappa shape index (κ1) is 14.9. The van der Waals surface area contributed by atoms with Crippen LogP contribution in [0.1, 0.15) is 30.9 Å². The lowest BCUT2D eigenvalue weighted by molar-refractivity contribution is 0.509. The van der Waals surface area contributed by atoms with Gasteiger partial charge in [0, 0.05) is 17.3 Å². The van der Waals surface area contributed by atoms with Crippen LogP contribution in [0.5, 0.6) is 0 Å². The highest BCUT2D eigenvalue weighted by atomic mass is 19.2. The van der Waals surface area contributed by atoms with Gasteiger partial charge in [0.25, 0.3) is 5.56 Å². The van der Waals surface area contributed by atoms with E-state index >= 15 is 0 Å². The molecule has 0 spiro atoms. The highest BCUT2D eigenvalue weighted by Crippen LogP contribution is 2.27. The fourth-order valence-corrected chi connectivity index (χ4v) is 2.49. The van der Waals surface area contributed by atoms with E-state index in [0.29, 0.717) is 5.56 Å². The van der Waals surface area contributed by atoms with E-state index in [1.54, 1.807) is 0 Å². The molecule has 2 heterocycles. The third kappa shape index (κ3) is 2.28. The van der Waals surface area contributed by atoms with Crippen LogP contribution in [-0.2, 0) is 0 Å². The summed E-state index contributed by atoms with van der Waals surface area (Å²) in [6.07, 6.45) is 1.38. The molecular weight excluding hydrogens is 302 g/mol. The molecule has 7 heteroatoms. The standard InChI is InChI=1S/C16H12F2N4O/c1-8(2)13-14(9-3-4-11(17)12(18)5-9)21-15-10(6-19)7-20-22(15)16(13)23/h3-5,7-8,20H,1-2H3. The molecule has 3 rings (SSSR count). The van der Waals surface area contributed by atoms with Gasteiger partial charge in [-0.3, -0.25) is 9.89 Å². The molecule has 0 fully saturated rings. The quantitative estimate of drug-likeness (QED) is 0.790. The number of rotatable bonds is 2. The number of H-pyrrole nitrogens is 1. The van der Waals surface area contributed by atoms with Crippen molar-refractivity contribution < 1.29 is 8.78 Å². The summed E-state index contributed by atoms with van der Waals surface area (Å²) in [5.74, 6) is -2.19. The smallest absolute Gasteiger partial charge is 0.276 e. The minimum absolute atomic E-state index is 0.154. The molecule has 0 bridgehead atoms. The first-order chi connectivity index (χ1) is 10.9. The molecule has 1 N–H and O–H groups in total. The molecule has 0 aliphatic heterocycles. The van der Waals surface area contributed by atoms with Crippen LogP contribution >= 0.6 is 0 Å². The average Bonchev–Trinajstić information content (AvgIpc) is 2.92. The van der Waals surface area contributed by atoms with Crippen molar-refractivity contribution in [2.24, 2.45) is 0 Å². The van der Waals surface area contributed by atoms with Gasteiger partial charge in [-0.1, -0.05) is 13.8 Å². The third-order valence-electron chi connectivity index (χ3n) is 3.59. The largest absolute Gasteiger partial charge is 0.295 e. The Morgan fingerprint density at radius 1 is 1.30 bits per heavy atom. The van der Waals surface area contributed by atoms with Crippen LogP contribution < -0.4 is 5.56 Å². The highest BCUT2D eigenvalue weighted by Gasteiger charge is 2.20. The van der Waals surface area contributed by atoms with Crippen molar-refractivity contribution in [3.05, 3.63) is 57.5 Å². The summed E-state index contributed by atoms with van der Waals surface area (Å²) < 4.78 is 27.9. The Kier molecular flexibility index (Phi) is 3.45. The Labute approximate surface area is 129 Å². The summed E-state index contributed by atoms with van der Waals surface area (Å²) >= 11 is 0. The maximum Gasteiger partial charge on any atom is 0.276 e. The molecule has 0 radical (unpaired) electrons. The number of nitriles is 1. The van der Waals surface area contributed by atoms with Crippen molar-refractivity contribution in [2.75, 3.05) is 0 Å². The number of aromatic nitrogens is 3. The number of nitrogens with one attached hydrogen (secondary N) is 1. The predicted molar refractivity (Wildman–Crippen MR) is 80.0 cm³/mol. The SMILES string of the molecule is CC(C)c1c(-c2ccc(F)c(F)c2)nc2c(C#N)c[nH]n2c1=O. The third-order valence-corrected chi connectivity index (χ3v) is 3.59. The second kappa shape index (κ2) is 5.32. The monoisotopic (exact) mass is 314 g/mol. The summed E-state index contributed by atoms with van der Waals surface area (Å²) in [5.41, 5.74) is 0.881. The summed E-state index contributed by atoms with van der Waals surface area (Å²) in [6, 6.07) is 5.28. The van der Waals surface area contributed by atoms with Crippen LogP contribution in [0, 0.1) is 23.0 Å². The number of aromatic amines is 1. The molecule has 0 atom stereocenters. The van der Waals surface area contributed by atoms with E-state index in [1.807, 2.05) is 19.9 Å². The molecule has 0 amide bonds. The van der Waals surface area contributed by atoms with Gasteiger partial charge in [0.15, 0.2) is 17.3 Å². The zero-order valence-electron chi connectivity index (χ0n) is 12.4. The number of hydrogen-bond donors (Lipinski definition) is 1. The van der Waals surface area contributed by atoms with E-state index in [9.17, 15) is 13.6 Å². The Morgan fingerprint density at radius 2 is 2.04 bits per heavy atom. The number of nitrogens with zero attached hydrogens (tertiary/aromatic N) is 3. The summed E-state index contributed by atoms with van der Waals surface area (Å²) in [4.78, 5) is 17.0. The minimum atomic E-state index is -1.02. The van der Waals surface area contributed by atoms with E-state index in [4.69, 9.17) is 5.26 Å². The van der Waals surface area contributed by atoms with Crippen LogP contribution in [0.3, 0.4) is 0 Å². The molecule has 23 heavy (non-hydrogen) atoms. The topological polar surface area (TPSA) is 73.9 Å². The van der Waals surface area contributed by atoms with Crippen molar-refractivity contribution in [2.45, 2.75) is 19.8 Å². The zero-order valence-corrected chi connectivity index (χ0v) is 12.4. The molecule has 0 saturated carbocycles. The fraction of sp³-hybridized carbons (Fsp3) is 0.188. The first-order valence-corrected chi connectivity index (χ1v) is 6.93. The van der Waals surface area contributed by atoms with Gasteiger partial charge in [-0.2, -0.15) is 5.26 Å². The number of fused-ring (bicyclic) bond motifs is 1. The van der Waals surface area contributed by atoms with Gasteiger partial charge in [0.2, 0.25) is 0 Å². The Hall–Kier alpha value is -3.01. The molecule has 0 saturated heterocycles. The van der Waals surface area contributed by atoms with E-state index in [1.165, 1.54) is 16.8 Å². The lowest BCUT2D eigenvalue weighted by Gasteiger charge is -2.12. The number of hydrogen-bond acceptors (Lipinski definition) is 3. The van der Waals surface area contributed by atoms with Gasteiger partial charge >= 0.3 is 0 Å². The van der Waals surface area contributed by atoms with E-state index < -0.39 is 11.6 Å². The Balaban J connectivity index is 2.42. The Morgan fingerprint density at radius 3 is 2.65 bits per heavy atom. The van der Waals surface area contributed by atoms with Gasteiger partial charge in [0.05, 0.1) is 5.69 Å². The Bertz CT molecular complexity index is 1010. The zero-order chi connectivity index (χ0) is 16.7. The molecule has 2 aromatic heterocycles.